The van der Waals surface area contributed by atoms with Crippen molar-refractivity contribution < 1.29 is 19.1 Å². The van der Waals surface area contributed by atoms with Gasteiger partial charge in [-0.1, -0.05) is 26.0 Å². The Morgan fingerprint density at radius 2 is 1.87 bits per heavy atom. The highest BCUT2D eigenvalue weighted by molar-refractivity contribution is 7.98. The number of anilines is 1. The van der Waals surface area contributed by atoms with E-state index in [2.05, 4.69) is 10.3 Å². The van der Waals surface area contributed by atoms with Crippen LogP contribution in [0.25, 0.3) is 10.9 Å². The van der Waals surface area contributed by atoms with E-state index in [0.29, 0.717) is 24.3 Å². The maximum atomic E-state index is 13.3. The van der Waals surface area contributed by atoms with Gasteiger partial charge in [0.2, 0.25) is 5.91 Å². The van der Waals surface area contributed by atoms with E-state index in [0.717, 1.165) is 21.5 Å². The molecule has 0 spiro atoms. The first kappa shape index (κ1) is 22.7. The lowest BCUT2D eigenvalue weighted by Crippen LogP contribution is -2.34. The Bertz CT molecular complexity index is 1100. The zero-order valence-electron chi connectivity index (χ0n) is 17.5. The molecule has 0 aliphatic carbocycles. The first-order valence-electron chi connectivity index (χ1n) is 10.2. The van der Waals surface area contributed by atoms with Gasteiger partial charge in [-0.25, -0.2) is 4.39 Å². The van der Waals surface area contributed by atoms with Gasteiger partial charge in [-0.2, -0.15) is 0 Å². The second kappa shape index (κ2) is 9.92. The number of halogens is 1. The monoisotopic (exact) mass is 440 g/mol. The van der Waals surface area contributed by atoms with Gasteiger partial charge in [0, 0.05) is 28.1 Å². The van der Waals surface area contributed by atoms with Crippen LogP contribution in [0.5, 0.6) is 0 Å². The Hall–Kier alpha value is -2.93. The highest BCUT2D eigenvalue weighted by Crippen LogP contribution is 2.32. The lowest BCUT2D eigenvalue weighted by Gasteiger charge is -2.25. The number of hydrogen-bond acceptors (Lipinski definition) is 4. The highest BCUT2D eigenvalue weighted by Gasteiger charge is 2.37. The number of hydrogen-bond donors (Lipinski definition) is 2. The average Bonchev–Trinajstić information content (AvgIpc) is 2.76. The van der Waals surface area contributed by atoms with Crippen LogP contribution in [0.4, 0.5) is 10.1 Å². The van der Waals surface area contributed by atoms with Gasteiger partial charge in [0.25, 0.3) is 0 Å². The molecule has 3 rings (SSSR count). The number of pyridine rings is 1. The average molecular weight is 441 g/mol. The molecule has 0 radical (unpaired) electrons. The summed E-state index contributed by atoms with van der Waals surface area (Å²) in [5.74, 6) is -0.911. The summed E-state index contributed by atoms with van der Waals surface area (Å²) < 4.78 is 13.3. The fraction of sp³-hybridized carbons (Fsp3) is 0.292. The van der Waals surface area contributed by atoms with Gasteiger partial charge in [0.1, 0.15) is 5.82 Å². The van der Waals surface area contributed by atoms with Gasteiger partial charge in [0.15, 0.2) is 0 Å². The van der Waals surface area contributed by atoms with Crippen molar-refractivity contribution in [3.63, 3.8) is 0 Å². The van der Waals surface area contributed by atoms with E-state index in [1.807, 2.05) is 30.3 Å². The van der Waals surface area contributed by atoms with Crippen LogP contribution < -0.4 is 5.32 Å². The molecule has 2 aromatic carbocycles. The molecule has 0 aliphatic heterocycles. The minimum absolute atomic E-state index is 0.0612. The number of amides is 1. The van der Waals surface area contributed by atoms with E-state index < -0.39 is 11.4 Å². The number of fused-ring (bicyclic) bond motifs is 1. The lowest BCUT2D eigenvalue weighted by atomic mass is 9.79. The second-order valence-corrected chi connectivity index (χ2v) is 8.52. The van der Waals surface area contributed by atoms with Gasteiger partial charge in [-0.3, -0.25) is 14.6 Å². The van der Waals surface area contributed by atoms with Crippen LogP contribution in [0.2, 0.25) is 0 Å². The number of nitrogens with zero attached hydrogens (tertiary/aromatic N) is 1. The molecule has 1 amide bonds. The standard InChI is InChI=1S/C24H25FN2O3S/c1-3-24(4-2,23(29)30)14-22(28)27-18-6-5-7-20(13-18)31-15-19-10-8-16-12-17(25)9-11-21(16)26-19/h5-13H,3-4,14-15H2,1-2H3,(H,27,28)(H,29,30). The van der Waals surface area contributed by atoms with E-state index >= 15 is 0 Å². The van der Waals surface area contributed by atoms with E-state index in [-0.39, 0.29) is 18.1 Å². The zero-order chi connectivity index (χ0) is 22.4. The van der Waals surface area contributed by atoms with Gasteiger partial charge >= 0.3 is 5.97 Å². The Labute approximate surface area is 185 Å². The molecule has 7 heteroatoms. The number of thioether (sulfide) groups is 1. The molecule has 0 saturated carbocycles. The van der Waals surface area contributed by atoms with Crippen LogP contribution in [0.3, 0.4) is 0 Å². The van der Waals surface area contributed by atoms with Crippen molar-refractivity contribution in [2.75, 3.05) is 5.32 Å². The van der Waals surface area contributed by atoms with Gasteiger partial charge in [0.05, 0.1) is 16.6 Å². The molecule has 5 nitrogen and oxygen atoms in total. The zero-order valence-corrected chi connectivity index (χ0v) is 18.3. The molecule has 31 heavy (non-hydrogen) atoms. The lowest BCUT2D eigenvalue weighted by molar-refractivity contribution is -0.151. The van der Waals surface area contributed by atoms with E-state index in [1.54, 1.807) is 37.7 Å². The second-order valence-electron chi connectivity index (χ2n) is 7.47. The Balaban J connectivity index is 1.64. The molecule has 1 heterocycles. The maximum Gasteiger partial charge on any atom is 0.310 e. The Morgan fingerprint density at radius 1 is 1.10 bits per heavy atom. The first-order valence-corrected chi connectivity index (χ1v) is 11.1. The fourth-order valence-corrected chi connectivity index (χ4v) is 4.29. The normalized spacial score (nSPS) is 11.5. The van der Waals surface area contributed by atoms with Crippen LogP contribution in [-0.4, -0.2) is 22.0 Å². The maximum absolute atomic E-state index is 13.3. The van der Waals surface area contributed by atoms with Crippen LogP contribution in [0, 0.1) is 11.2 Å². The van der Waals surface area contributed by atoms with Crippen molar-refractivity contribution in [1.82, 2.24) is 4.98 Å². The summed E-state index contributed by atoms with van der Waals surface area (Å²) >= 11 is 1.57. The van der Waals surface area contributed by atoms with Crippen molar-refractivity contribution in [1.29, 1.82) is 0 Å². The number of rotatable bonds is 9. The van der Waals surface area contributed by atoms with Crippen molar-refractivity contribution in [3.8, 4) is 0 Å². The SMILES string of the molecule is CCC(CC)(CC(=O)Nc1cccc(SCc2ccc3cc(F)ccc3n2)c1)C(=O)O. The van der Waals surface area contributed by atoms with Gasteiger partial charge in [-0.15, -0.1) is 11.8 Å². The molecule has 0 fully saturated rings. The predicted molar refractivity (Wildman–Crippen MR) is 122 cm³/mol. The van der Waals surface area contributed by atoms with Crippen LogP contribution in [0.15, 0.2) is 59.5 Å². The van der Waals surface area contributed by atoms with Crippen molar-refractivity contribution >= 4 is 40.2 Å². The Kier molecular flexibility index (Phi) is 7.28. The molecule has 0 aliphatic rings. The summed E-state index contributed by atoms with van der Waals surface area (Å²) in [4.78, 5) is 29.6. The van der Waals surface area contributed by atoms with Crippen molar-refractivity contribution in [3.05, 3.63) is 66.1 Å². The molecule has 1 aromatic heterocycles. The predicted octanol–water partition coefficient (Wildman–Crippen LogP) is 5.89. The minimum Gasteiger partial charge on any atom is -0.481 e. The molecule has 3 aromatic rings. The van der Waals surface area contributed by atoms with Gasteiger partial charge in [-0.05, 0) is 55.3 Å². The molecule has 2 N–H and O–H groups in total. The first-order chi connectivity index (χ1) is 14.8. The number of nitrogens with one attached hydrogen (secondary N) is 1. The molecule has 0 unspecified atom stereocenters. The fourth-order valence-electron chi connectivity index (χ4n) is 3.43. The van der Waals surface area contributed by atoms with Crippen molar-refractivity contribution in [2.45, 2.75) is 43.8 Å². The molecular weight excluding hydrogens is 415 g/mol. The largest absolute Gasteiger partial charge is 0.481 e. The summed E-state index contributed by atoms with van der Waals surface area (Å²) in [6.45, 7) is 3.58. The van der Waals surface area contributed by atoms with Crippen LogP contribution in [0.1, 0.15) is 38.8 Å². The van der Waals surface area contributed by atoms with Crippen molar-refractivity contribution in [2.24, 2.45) is 5.41 Å². The van der Waals surface area contributed by atoms with E-state index in [9.17, 15) is 19.1 Å². The molecular formula is C24H25FN2O3S. The topological polar surface area (TPSA) is 79.3 Å². The van der Waals surface area contributed by atoms with E-state index in [4.69, 9.17) is 0 Å². The molecule has 162 valence electrons. The van der Waals surface area contributed by atoms with Crippen LogP contribution >= 0.6 is 11.8 Å². The number of aliphatic carboxylic acids is 1. The third-order valence-electron chi connectivity index (χ3n) is 5.52. The summed E-state index contributed by atoms with van der Waals surface area (Å²) in [7, 11) is 0. The van der Waals surface area contributed by atoms with E-state index in [1.165, 1.54) is 12.1 Å². The van der Waals surface area contributed by atoms with Gasteiger partial charge < -0.3 is 10.4 Å². The highest BCUT2D eigenvalue weighted by atomic mass is 32.2. The number of carboxylic acid groups (broad SMARTS) is 1. The summed E-state index contributed by atoms with van der Waals surface area (Å²) in [5.41, 5.74) is 1.20. The minimum atomic E-state index is -1.04. The number of carboxylic acids is 1. The summed E-state index contributed by atoms with van der Waals surface area (Å²) in [6.07, 6.45) is 0.732. The molecule has 0 saturated heterocycles. The molecule has 0 atom stereocenters. The Morgan fingerprint density at radius 3 is 2.58 bits per heavy atom. The third-order valence-corrected chi connectivity index (χ3v) is 6.55. The quantitative estimate of drug-likeness (QED) is 0.406. The summed E-state index contributed by atoms with van der Waals surface area (Å²) in [6, 6.07) is 15.7. The van der Waals surface area contributed by atoms with Crippen LogP contribution in [-0.2, 0) is 15.3 Å². The smallest absolute Gasteiger partial charge is 0.310 e. The number of carbonyl (C=O) groups is 2. The number of carbonyl (C=O) groups excluding carboxylic acids is 1. The number of aromatic nitrogens is 1. The number of benzene rings is 2. The summed E-state index contributed by atoms with van der Waals surface area (Å²) in [5, 5.41) is 13.1. The molecule has 0 bridgehead atoms. The third kappa shape index (κ3) is 5.61.